The van der Waals surface area contributed by atoms with E-state index in [9.17, 15) is 18.0 Å². The normalized spacial score (nSPS) is 14.0. The van der Waals surface area contributed by atoms with Crippen molar-refractivity contribution in [2.45, 2.75) is 23.8 Å². The molecule has 9 heteroatoms. The third-order valence-electron chi connectivity index (χ3n) is 3.15. The smallest absolute Gasteiger partial charge is 0.338 e. The van der Waals surface area contributed by atoms with Gasteiger partial charge in [0.2, 0.25) is 10.0 Å². The van der Waals surface area contributed by atoms with Gasteiger partial charge in [0.05, 0.1) is 10.6 Å². The summed E-state index contributed by atoms with van der Waals surface area (Å²) in [5, 5.41) is 2.64. The standard InChI is InChI=1S/C15H17ClN2O5S/c1-2-7-17-24(21,22)13-8-10(3-6-12(13)16)15(20)23-9-14(19)18-11-4-5-11/h2-3,6,8,11,17H,1,4-5,7,9H2,(H,18,19). The van der Waals surface area contributed by atoms with Crippen LogP contribution < -0.4 is 10.0 Å². The molecular weight excluding hydrogens is 356 g/mol. The molecule has 1 saturated carbocycles. The molecule has 1 amide bonds. The predicted molar refractivity (Wildman–Crippen MR) is 88.3 cm³/mol. The van der Waals surface area contributed by atoms with E-state index >= 15 is 0 Å². The lowest BCUT2D eigenvalue weighted by Gasteiger charge is -2.09. The first kappa shape index (κ1) is 18.4. The van der Waals surface area contributed by atoms with Crippen LogP contribution in [0.4, 0.5) is 0 Å². The van der Waals surface area contributed by atoms with Gasteiger partial charge in [-0.05, 0) is 31.0 Å². The van der Waals surface area contributed by atoms with Crippen LogP contribution in [-0.4, -0.2) is 39.5 Å². The monoisotopic (exact) mass is 372 g/mol. The van der Waals surface area contributed by atoms with Crippen LogP contribution in [0.3, 0.4) is 0 Å². The van der Waals surface area contributed by atoms with Crippen molar-refractivity contribution in [1.82, 2.24) is 10.0 Å². The third-order valence-corrected chi connectivity index (χ3v) is 5.06. The molecule has 2 rings (SSSR count). The number of amides is 1. The summed E-state index contributed by atoms with van der Waals surface area (Å²) in [4.78, 5) is 23.2. The highest BCUT2D eigenvalue weighted by Crippen LogP contribution is 2.23. The van der Waals surface area contributed by atoms with Crippen LogP contribution >= 0.6 is 11.6 Å². The summed E-state index contributed by atoms with van der Waals surface area (Å²) in [5.41, 5.74) is -0.0161. The molecule has 0 bridgehead atoms. The Bertz CT molecular complexity index is 759. The number of carbonyl (C=O) groups excluding carboxylic acids is 2. The lowest BCUT2D eigenvalue weighted by molar-refractivity contribution is -0.124. The van der Waals surface area contributed by atoms with Crippen molar-refractivity contribution in [3.05, 3.63) is 41.4 Å². The van der Waals surface area contributed by atoms with E-state index in [2.05, 4.69) is 16.6 Å². The average Bonchev–Trinajstić information content (AvgIpc) is 3.35. The lowest BCUT2D eigenvalue weighted by atomic mass is 10.2. The van der Waals surface area contributed by atoms with E-state index in [0.717, 1.165) is 18.9 Å². The van der Waals surface area contributed by atoms with Crippen molar-refractivity contribution in [2.75, 3.05) is 13.2 Å². The van der Waals surface area contributed by atoms with Crippen molar-refractivity contribution in [3.8, 4) is 0 Å². The molecule has 0 atom stereocenters. The molecule has 1 aromatic carbocycles. The molecule has 1 aliphatic carbocycles. The van der Waals surface area contributed by atoms with Crippen LogP contribution in [-0.2, 0) is 19.6 Å². The van der Waals surface area contributed by atoms with Gasteiger partial charge in [-0.25, -0.2) is 17.9 Å². The number of hydrogen-bond donors (Lipinski definition) is 2. The Labute approximate surface area is 145 Å². The maximum Gasteiger partial charge on any atom is 0.338 e. The van der Waals surface area contributed by atoms with E-state index in [1.807, 2.05) is 0 Å². The highest BCUT2D eigenvalue weighted by Gasteiger charge is 2.24. The molecule has 0 heterocycles. The first-order chi connectivity index (χ1) is 11.3. The number of esters is 1. The Morgan fingerprint density at radius 2 is 2.08 bits per heavy atom. The minimum atomic E-state index is -3.89. The molecule has 130 valence electrons. The van der Waals surface area contributed by atoms with E-state index < -0.39 is 22.6 Å². The average molecular weight is 373 g/mol. The van der Waals surface area contributed by atoms with Crippen molar-refractivity contribution in [1.29, 1.82) is 0 Å². The summed E-state index contributed by atoms with van der Waals surface area (Å²) >= 11 is 5.89. The zero-order chi connectivity index (χ0) is 17.7. The van der Waals surface area contributed by atoms with Gasteiger partial charge in [0.25, 0.3) is 5.91 Å². The van der Waals surface area contributed by atoms with Gasteiger partial charge in [0.1, 0.15) is 4.90 Å². The summed E-state index contributed by atoms with van der Waals surface area (Å²) in [5.74, 6) is -1.20. The van der Waals surface area contributed by atoms with Gasteiger partial charge >= 0.3 is 5.97 Å². The Balaban J connectivity index is 2.07. The number of halogens is 1. The summed E-state index contributed by atoms with van der Waals surface area (Å²) in [7, 11) is -3.89. The zero-order valence-corrected chi connectivity index (χ0v) is 14.3. The maximum absolute atomic E-state index is 12.1. The molecule has 0 unspecified atom stereocenters. The van der Waals surface area contributed by atoms with Crippen molar-refractivity contribution in [2.24, 2.45) is 0 Å². The Morgan fingerprint density at radius 1 is 1.38 bits per heavy atom. The third kappa shape index (κ3) is 5.05. The van der Waals surface area contributed by atoms with Crippen LogP contribution in [0.2, 0.25) is 5.02 Å². The first-order valence-corrected chi connectivity index (χ1v) is 9.06. The van der Waals surface area contributed by atoms with E-state index in [1.54, 1.807) is 0 Å². The van der Waals surface area contributed by atoms with Gasteiger partial charge in [0, 0.05) is 12.6 Å². The summed E-state index contributed by atoms with van der Waals surface area (Å²) < 4.78 is 31.4. The molecule has 2 N–H and O–H groups in total. The number of hydrogen-bond acceptors (Lipinski definition) is 5. The van der Waals surface area contributed by atoms with Gasteiger partial charge in [-0.2, -0.15) is 0 Å². The second-order valence-electron chi connectivity index (χ2n) is 5.20. The van der Waals surface area contributed by atoms with Crippen LogP contribution in [0.15, 0.2) is 35.7 Å². The molecular formula is C15H17ClN2O5S. The number of sulfonamides is 1. The number of rotatable bonds is 8. The molecule has 0 spiro atoms. The molecule has 1 fully saturated rings. The van der Waals surface area contributed by atoms with Gasteiger partial charge in [-0.1, -0.05) is 17.7 Å². The molecule has 0 radical (unpaired) electrons. The summed E-state index contributed by atoms with van der Waals surface area (Å²) in [6.07, 6.45) is 3.23. The van der Waals surface area contributed by atoms with Crippen LogP contribution in [0.5, 0.6) is 0 Å². The number of carbonyl (C=O) groups is 2. The molecule has 0 aromatic heterocycles. The van der Waals surface area contributed by atoms with Crippen LogP contribution in [0.1, 0.15) is 23.2 Å². The number of benzene rings is 1. The fraction of sp³-hybridized carbons (Fsp3) is 0.333. The van der Waals surface area contributed by atoms with Crippen molar-refractivity contribution < 1.29 is 22.7 Å². The van der Waals surface area contributed by atoms with Crippen molar-refractivity contribution >= 4 is 33.5 Å². The van der Waals surface area contributed by atoms with Gasteiger partial charge < -0.3 is 10.1 Å². The molecule has 7 nitrogen and oxygen atoms in total. The predicted octanol–water partition coefficient (Wildman–Crippen LogP) is 1.24. The quantitative estimate of drug-likeness (QED) is 0.528. The fourth-order valence-electron chi connectivity index (χ4n) is 1.79. The van der Waals surface area contributed by atoms with Crippen LogP contribution in [0.25, 0.3) is 0 Å². The maximum atomic E-state index is 12.1. The van der Waals surface area contributed by atoms with E-state index in [4.69, 9.17) is 16.3 Å². The Hall–Kier alpha value is -1.90. The largest absolute Gasteiger partial charge is 0.452 e. The lowest BCUT2D eigenvalue weighted by Crippen LogP contribution is -2.30. The van der Waals surface area contributed by atoms with E-state index in [-0.39, 0.29) is 34.0 Å². The van der Waals surface area contributed by atoms with Crippen LogP contribution in [0, 0.1) is 0 Å². The van der Waals surface area contributed by atoms with E-state index in [1.165, 1.54) is 18.2 Å². The second kappa shape index (κ2) is 7.78. The minimum Gasteiger partial charge on any atom is -0.452 e. The Kier molecular flexibility index (Phi) is 5.98. The molecule has 0 saturated heterocycles. The molecule has 0 aliphatic heterocycles. The van der Waals surface area contributed by atoms with Gasteiger partial charge in [0.15, 0.2) is 6.61 Å². The number of ether oxygens (including phenoxy) is 1. The number of nitrogens with one attached hydrogen (secondary N) is 2. The molecule has 24 heavy (non-hydrogen) atoms. The molecule has 1 aromatic rings. The topological polar surface area (TPSA) is 102 Å². The summed E-state index contributed by atoms with van der Waals surface area (Å²) in [6.45, 7) is 3.02. The zero-order valence-electron chi connectivity index (χ0n) is 12.7. The fourth-order valence-corrected chi connectivity index (χ4v) is 3.32. The summed E-state index contributed by atoms with van der Waals surface area (Å²) in [6, 6.07) is 3.88. The van der Waals surface area contributed by atoms with Gasteiger partial charge in [-0.3, -0.25) is 4.79 Å². The van der Waals surface area contributed by atoms with Crippen molar-refractivity contribution in [3.63, 3.8) is 0 Å². The highest BCUT2D eigenvalue weighted by molar-refractivity contribution is 7.89. The molecule has 1 aliphatic rings. The first-order valence-electron chi connectivity index (χ1n) is 7.20. The minimum absolute atomic E-state index is 0.0161. The van der Waals surface area contributed by atoms with Gasteiger partial charge in [-0.15, -0.1) is 6.58 Å². The Morgan fingerprint density at radius 3 is 2.71 bits per heavy atom. The van der Waals surface area contributed by atoms with E-state index in [0.29, 0.717) is 0 Å². The second-order valence-corrected chi connectivity index (χ2v) is 7.35. The SMILES string of the molecule is C=CCNS(=O)(=O)c1cc(C(=O)OCC(=O)NC2CC2)ccc1Cl. The highest BCUT2D eigenvalue weighted by atomic mass is 35.5.